The van der Waals surface area contributed by atoms with Crippen LogP contribution in [0.25, 0.3) is 11.1 Å². The number of amides is 4. The molecule has 0 aromatic heterocycles. The van der Waals surface area contributed by atoms with Crippen LogP contribution < -0.4 is 26.6 Å². The monoisotopic (exact) mass is 700 g/mol. The first-order valence-electron chi connectivity index (χ1n) is 17.7. The van der Waals surface area contributed by atoms with Crippen LogP contribution in [0.2, 0.25) is 0 Å². The summed E-state index contributed by atoms with van der Waals surface area (Å²) >= 11 is 0. The first-order chi connectivity index (χ1) is 25.0. The zero-order valence-corrected chi connectivity index (χ0v) is 30.4. The predicted octanol–water partition coefficient (Wildman–Crippen LogP) is 5.31. The number of carbonyl (C=O) groups is 4. The number of benzene rings is 4. The molecule has 0 aliphatic carbocycles. The molecule has 0 unspecified atom stereocenters. The average molecular weight is 701 g/mol. The van der Waals surface area contributed by atoms with Gasteiger partial charge in [0.25, 0.3) is 11.8 Å². The summed E-state index contributed by atoms with van der Waals surface area (Å²) in [7, 11) is 0. The Labute approximate surface area is 306 Å². The predicted molar refractivity (Wildman–Crippen MR) is 203 cm³/mol. The third-order valence-corrected chi connectivity index (χ3v) is 8.78. The summed E-state index contributed by atoms with van der Waals surface area (Å²) in [5.74, 6) is -1.47. The Balaban J connectivity index is 1.60. The number of hydrogen-bond acceptors (Lipinski definition) is 6. The number of hydrogen-bond donors (Lipinski definition) is 5. The van der Waals surface area contributed by atoms with Crippen molar-refractivity contribution < 1.29 is 19.2 Å². The molecule has 4 aromatic carbocycles. The molecule has 10 heteroatoms. The fourth-order valence-corrected chi connectivity index (χ4v) is 5.83. The zero-order valence-electron chi connectivity index (χ0n) is 30.4. The van der Waals surface area contributed by atoms with Gasteiger partial charge in [-0.25, -0.2) is 0 Å². The van der Waals surface area contributed by atoms with Crippen molar-refractivity contribution in [2.24, 2.45) is 5.92 Å². The summed E-state index contributed by atoms with van der Waals surface area (Å²) < 4.78 is 0. The van der Waals surface area contributed by atoms with Crippen LogP contribution in [0, 0.1) is 17.2 Å². The smallest absolute Gasteiger partial charge is 0.251 e. The third-order valence-electron chi connectivity index (χ3n) is 8.78. The van der Waals surface area contributed by atoms with Gasteiger partial charge in [0.2, 0.25) is 11.8 Å². The van der Waals surface area contributed by atoms with E-state index in [4.69, 9.17) is 0 Å². The summed E-state index contributed by atoms with van der Waals surface area (Å²) in [6.07, 6.45) is 0.459. The summed E-state index contributed by atoms with van der Waals surface area (Å²) in [6.45, 7) is 9.87. The van der Waals surface area contributed by atoms with Gasteiger partial charge in [0.1, 0.15) is 6.04 Å². The normalized spacial score (nSPS) is 13.2. The molecule has 270 valence electrons. The van der Waals surface area contributed by atoms with E-state index >= 15 is 0 Å². The van der Waals surface area contributed by atoms with Crippen LogP contribution in [0.5, 0.6) is 0 Å². The Kier molecular flexibility index (Phi) is 14.2. The fourth-order valence-electron chi connectivity index (χ4n) is 5.83. The van der Waals surface area contributed by atoms with Gasteiger partial charge in [-0.2, -0.15) is 5.26 Å². The molecule has 0 spiro atoms. The Morgan fingerprint density at radius 1 is 0.712 bits per heavy atom. The minimum atomic E-state index is -0.683. The number of rotatable bonds is 16. The molecule has 0 fully saturated rings. The first-order valence-corrected chi connectivity index (χ1v) is 17.7. The highest BCUT2D eigenvalue weighted by atomic mass is 16.2. The van der Waals surface area contributed by atoms with Crippen LogP contribution in [0.3, 0.4) is 0 Å². The molecule has 0 saturated heterocycles. The maximum absolute atomic E-state index is 14.1. The van der Waals surface area contributed by atoms with Crippen molar-refractivity contribution in [2.75, 3.05) is 13.1 Å². The largest absolute Gasteiger partial charge is 0.355 e. The number of nitrogens with one attached hydrogen (secondary N) is 5. The maximum Gasteiger partial charge on any atom is 0.251 e. The molecule has 4 aromatic rings. The Morgan fingerprint density at radius 3 is 1.92 bits per heavy atom. The van der Waals surface area contributed by atoms with Gasteiger partial charge in [-0.3, -0.25) is 19.2 Å². The number of carbonyl (C=O) groups excluding carboxylic acids is 4. The maximum atomic E-state index is 14.1. The molecule has 4 amide bonds. The van der Waals surface area contributed by atoms with Gasteiger partial charge in [-0.1, -0.05) is 92.7 Å². The lowest BCUT2D eigenvalue weighted by Crippen LogP contribution is -2.55. The molecule has 0 saturated carbocycles. The topological polar surface area (TPSA) is 152 Å². The van der Waals surface area contributed by atoms with Crippen molar-refractivity contribution in [3.8, 4) is 17.2 Å². The number of nitriles is 1. The molecule has 5 N–H and O–H groups in total. The molecule has 0 bridgehead atoms. The van der Waals surface area contributed by atoms with Crippen LogP contribution in [-0.4, -0.2) is 54.8 Å². The van der Waals surface area contributed by atoms with Crippen molar-refractivity contribution in [2.45, 2.75) is 65.2 Å². The van der Waals surface area contributed by atoms with Crippen molar-refractivity contribution in [3.05, 3.63) is 131 Å². The lowest BCUT2D eigenvalue weighted by molar-refractivity contribution is -0.130. The van der Waals surface area contributed by atoms with E-state index < -0.39 is 24.0 Å². The molecule has 0 radical (unpaired) electrons. The number of likely N-dealkylation sites (N-methyl/N-ethyl adjacent to an activating group) is 1. The zero-order chi connectivity index (χ0) is 37.6. The van der Waals surface area contributed by atoms with Gasteiger partial charge in [0.05, 0.1) is 23.7 Å². The van der Waals surface area contributed by atoms with Gasteiger partial charge in [0, 0.05) is 30.3 Å². The SMILES string of the molecule is CCNC(=O)[C@@H](NC(=O)[C@H](C)NC[C@H](Cc1ccccc1)NC(=O)c1cc(C(=O)N[C@H](C)c2ccccc2)cc(-c2ccccc2C#N)c1)C(C)C. The van der Waals surface area contributed by atoms with E-state index in [9.17, 15) is 24.4 Å². The second-order valence-electron chi connectivity index (χ2n) is 13.2. The second kappa shape index (κ2) is 19.0. The van der Waals surface area contributed by atoms with E-state index in [1.54, 1.807) is 49.4 Å². The highest BCUT2D eigenvalue weighted by Crippen LogP contribution is 2.26. The molecule has 10 nitrogen and oxygen atoms in total. The molecule has 0 heterocycles. The quantitative estimate of drug-likeness (QED) is 0.107. The average Bonchev–Trinajstić information content (AvgIpc) is 3.16. The van der Waals surface area contributed by atoms with Crippen LogP contribution in [0.1, 0.15) is 78.1 Å². The minimum Gasteiger partial charge on any atom is -0.355 e. The fraction of sp³-hybridized carbons (Fsp3) is 0.310. The van der Waals surface area contributed by atoms with Crippen molar-refractivity contribution >= 4 is 23.6 Å². The van der Waals surface area contributed by atoms with Gasteiger partial charge < -0.3 is 26.6 Å². The lowest BCUT2D eigenvalue weighted by Gasteiger charge is -2.25. The molecule has 4 atom stereocenters. The van der Waals surface area contributed by atoms with Crippen molar-refractivity contribution in [1.82, 2.24) is 26.6 Å². The van der Waals surface area contributed by atoms with E-state index in [-0.39, 0.29) is 47.4 Å². The van der Waals surface area contributed by atoms with E-state index in [0.717, 1.165) is 11.1 Å². The molecule has 4 rings (SSSR count). The van der Waals surface area contributed by atoms with E-state index in [1.807, 2.05) is 88.4 Å². The van der Waals surface area contributed by atoms with Crippen LogP contribution >= 0.6 is 0 Å². The summed E-state index contributed by atoms with van der Waals surface area (Å²) in [4.78, 5) is 53.5. The summed E-state index contributed by atoms with van der Waals surface area (Å²) in [5, 5.41) is 24.8. The number of nitrogens with zero attached hydrogens (tertiary/aromatic N) is 1. The molecule has 0 aliphatic heterocycles. The van der Waals surface area contributed by atoms with Gasteiger partial charge in [-0.05, 0) is 79.6 Å². The highest BCUT2D eigenvalue weighted by Gasteiger charge is 2.27. The molecule has 52 heavy (non-hydrogen) atoms. The standard InChI is InChI=1S/C42H48N6O4/c1-6-44-42(52)38(27(2)3)48-39(49)29(5)45-26-36(21-30-15-9-7-10-16-30)47-41(51)35-23-33(37-20-14-13-19-32(37)25-43)22-34(24-35)40(50)46-28(4)31-17-11-8-12-18-31/h7-20,22-24,27-29,36,38,45H,6,21,26H2,1-5H3,(H,44,52)(H,46,50)(H,47,51)(H,48,49)/t28-,29+,36+,38+/m1/s1. The van der Waals surface area contributed by atoms with Gasteiger partial charge in [0.15, 0.2) is 0 Å². The van der Waals surface area contributed by atoms with E-state index in [2.05, 4.69) is 32.7 Å². The Hall–Kier alpha value is -5.79. The van der Waals surface area contributed by atoms with Crippen LogP contribution in [-0.2, 0) is 16.0 Å². The van der Waals surface area contributed by atoms with Crippen LogP contribution in [0.15, 0.2) is 103 Å². The van der Waals surface area contributed by atoms with E-state index in [0.29, 0.717) is 29.7 Å². The van der Waals surface area contributed by atoms with Gasteiger partial charge >= 0.3 is 0 Å². The lowest BCUT2D eigenvalue weighted by atomic mass is 9.95. The van der Waals surface area contributed by atoms with Crippen molar-refractivity contribution in [1.29, 1.82) is 5.26 Å². The van der Waals surface area contributed by atoms with Crippen LogP contribution in [0.4, 0.5) is 0 Å². The Morgan fingerprint density at radius 2 is 1.31 bits per heavy atom. The molecular weight excluding hydrogens is 652 g/mol. The van der Waals surface area contributed by atoms with Crippen molar-refractivity contribution in [3.63, 3.8) is 0 Å². The molecule has 0 aliphatic rings. The summed E-state index contributed by atoms with van der Waals surface area (Å²) in [5.41, 5.74) is 3.99. The van der Waals surface area contributed by atoms with E-state index in [1.165, 1.54) is 0 Å². The summed E-state index contributed by atoms with van der Waals surface area (Å²) in [6, 6.07) is 31.3. The third kappa shape index (κ3) is 10.9. The second-order valence-corrected chi connectivity index (χ2v) is 13.2. The minimum absolute atomic E-state index is 0.114. The Bertz CT molecular complexity index is 1870. The highest BCUT2D eigenvalue weighted by molar-refractivity contribution is 6.02. The van der Waals surface area contributed by atoms with Gasteiger partial charge in [-0.15, -0.1) is 0 Å². The molecular formula is C42H48N6O4. The first kappa shape index (κ1) is 39.0.